The Kier molecular flexibility index (Phi) is 4.90. The van der Waals surface area contributed by atoms with Crippen molar-refractivity contribution in [2.24, 2.45) is 0 Å². The topological polar surface area (TPSA) is 82.7 Å². The lowest BCUT2D eigenvalue weighted by atomic mass is 10.1. The number of nitrogens with one attached hydrogen (secondary N) is 3. The summed E-state index contributed by atoms with van der Waals surface area (Å²) in [6.07, 6.45) is 3.48. The number of carbonyl (C=O) groups excluding carboxylic acids is 1. The number of hydrogen-bond donors (Lipinski definition) is 3. The number of halogens is 2. The summed E-state index contributed by atoms with van der Waals surface area (Å²) in [6, 6.07) is 13.8. The molecule has 0 saturated carbocycles. The van der Waals surface area contributed by atoms with Gasteiger partial charge in [0, 0.05) is 30.4 Å². The number of aromatic nitrogens is 3. The molecule has 4 aromatic rings. The number of rotatable bonds is 4. The van der Waals surface area contributed by atoms with Crippen molar-refractivity contribution in [3.8, 4) is 11.1 Å². The van der Waals surface area contributed by atoms with E-state index in [-0.39, 0.29) is 10.8 Å². The molecule has 0 aliphatic rings. The summed E-state index contributed by atoms with van der Waals surface area (Å²) in [7, 11) is 0. The van der Waals surface area contributed by atoms with Gasteiger partial charge in [-0.1, -0.05) is 35.9 Å². The Morgan fingerprint density at radius 2 is 1.79 bits per heavy atom. The molecular weight excluding hydrogens is 381 g/mol. The van der Waals surface area contributed by atoms with E-state index in [4.69, 9.17) is 11.6 Å². The third-order valence-corrected chi connectivity index (χ3v) is 4.55. The van der Waals surface area contributed by atoms with Crippen molar-refractivity contribution in [2.75, 3.05) is 5.32 Å². The highest BCUT2D eigenvalue weighted by Crippen LogP contribution is 2.26. The number of anilines is 1. The molecule has 0 radical (unpaired) electrons. The smallest absolute Gasteiger partial charge is 0.319 e. The fraction of sp³-hybridized carbons (Fsp3) is 0.0500. The first-order chi connectivity index (χ1) is 13.6. The first-order valence-electron chi connectivity index (χ1n) is 8.47. The lowest BCUT2D eigenvalue weighted by Gasteiger charge is -2.09. The molecule has 0 bridgehead atoms. The maximum atomic E-state index is 14.1. The average Bonchev–Trinajstić information content (AvgIpc) is 3.07. The van der Waals surface area contributed by atoms with E-state index in [1.54, 1.807) is 12.4 Å². The van der Waals surface area contributed by atoms with E-state index in [1.165, 1.54) is 12.1 Å². The molecule has 2 amide bonds. The van der Waals surface area contributed by atoms with E-state index >= 15 is 0 Å². The van der Waals surface area contributed by atoms with Crippen molar-refractivity contribution < 1.29 is 9.18 Å². The number of carbonyl (C=O) groups is 1. The fourth-order valence-corrected chi connectivity index (χ4v) is 3.00. The van der Waals surface area contributed by atoms with Crippen LogP contribution in [0, 0.1) is 5.82 Å². The largest absolute Gasteiger partial charge is 0.334 e. The molecule has 3 N–H and O–H groups in total. The van der Waals surface area contributed by atoms with E-state index in [1.807, 2.05) is 36.4 Å². The zero-order valence-electron chi connectivity index (χ0n) is 14.5. The molecule has 0 spiro atoms. The van der Waals surface area contributed by atoms with Crippen molar-refractivity contribution in [3.05, 3.63) is 77.5 Å². The SMILES string of the molecule is O=C(NCc1ccc(-c2ccncc2)cc1)Nc1cc2c(Cl)[nH]nc2cc1F. The summed E-state index contributed by atoms with van der Waals surface area (Å²) in [6.45, 7) is 0.304. The maximum Gasteiger partial charge on any atom is 0.319 e. The van der Waals surface area contributed by atoms with Gasteiger partial charge in [0.25, 0.3) is 0 Å². The summed E-state index contributed by atoms with van der Waals surface area (Å²) >= 11 is 5.96. The molecule has 6 nitrogen and oxygen atoms in total. The standard InChI is InChI=1S/C20H15ClFN5O/c21-19-15-9-18(16(22)10-17(15)26-27-19)25-20(28)24-11-12-1-3-13(4-2-12)14-5-7-23-8-6-14/h1-10H,11H2,(H,26,27)(H2,24,25,28). The van der Waals surface area contributed by atoms with Crippen LogP contribution >= 0.6 is 11.6 Å². The van der Waals surface area contributed by atoms with Crippen molar-refractivity contribution in [2.45, 2.75) is 6.54 Å². The Bertz CT molecular complexity index is 1130. The highest BCUT2D eigenvalue weighted by atomic mass is 35.5. The molecule has 2 heterocycles. The highest BCUT2D eigenvalue weighted by Gasteiger charge is 2.12. The Labute approximate surface area is 164 Å². The van der Waals surface area contributed by atoms with Crippen molar-refractivity contribution in [1.29, 1.82) is 0 Å². The minimum Gasteiger partial charge on any atom is -0.334 e. The van der Waals surface area contributed by atoms with Crippen LogP contribution in [0.4, 0.5) is 14.9 Å². The number of hydrogen-bond acceptors (Lipinski definition) is 3. The van der Waals surface area contributed by atoms with E-state index in [2.05, 4.69) is 25.8 Å². The van der Waals surface area contributed by atoms with Crippen LogP contribution in [0.1, 0.15) is 5.56 Å². The second-order valence-corrected chi connectivity index (χ2v) is 6.51. The molecule has 0 aliphatic heterocycles. The summed E-state index contributed by atoms with van der Waals surface area (Å²) in [4.78, 5) is 16.1. The average molecular weight is 396 g/mol. The van der Waals surface area contributed by atoms with Crippen LogP contribution in [0.5, 0.6) is 0 Å². The Balaban J connectivity index is 1.39. The van der Waals surface area contributed by atoms with Gasteiger partial charge in [0.1, 0.15) is 11.0 Å². The van der Waals surface area contributed by atoms with Gasteiger partial charge >= 0.3 is 6.03 Å². The second kappa shape index (κ2) is 7.66. The van der Waals surface area contributed by atoms with E-state index < -0.39 is 11.8 Å². The minimum absolute atomic E-state index is 0.0290. The van der Waals surface area contributed by atoms with E-state index in [0.717, 1.165) is 16.7 Å². The van der Waals surface area contributed by atoms with Gasteiger partial charge in [0.05, 0.1) is 11.2 Å². The van der Waals surface area contributed by atoms with Crippen LogP contribution in [0.15, 0.2) is 60.9 Å². The number of nitrogens with zero attached hydrogens (tertiary/aromatic N) is 2. The van der Waals surface area contributed by atoms with Crippen LogP contribution in [-0.2, 0) is 6.54 Å². The quantitative estimate of drug-likeness (QED) is 0.466. The molecule has 140 valence electrons. The number of pyridine rings is 1. The summed E-state index contributed by atoms with van der Waals surface area (Å²) in [5.74, 6) is -0.590. The highest BCUT2D eigenvalue weighted by molar-refractivity contribution is 6.34. The van der Waals surface area contributed by atoms with Gasteiger partial charge in [-0.15, -0.1) is 0 Å². The number of aromatic amines is 1. The van der Waals surface area contributed by atoms with Crippen LogP contribution in [0.2, 0.25) is 5.15 Å². The number of urea groups is 1. The van der Waals surface area contributed by atoms with Gasteiger partial charge < -0.3 is 10.6 Å². The molecule has 0 fully saturated rings. The molecule has 0 atom stereocenters. The van der Waals surface area contributed by atoms with Gasteiger partial charge in [-0.05, 0) is 34.9 Å². The van der Waals surface area contributed by atoms with Gasteiger partial charge in [0.2, 0.25) is 0 Å². The Morgan fingerprint density at radius 3 is 2.54 bits per heavy atom. The summed E-state index contributed by atoms with van der Waals surface area (Å²) in [5.41, 5.74) is 3.46. The number of amides is 2. The molecule has 0 aliphatic carbocycles. The lowest BCUT2D eigenvalue weighted by Crippen LogP contribution is -2.28. The first kappa shape index (κ1) is 17.9. The predicted octanol–water partition coefficient (Wildman–Crippen LogP) is 4.74. The van der Waals surface area contributed by atoms with E-state index in [0.29, 0.717) is 17.4 Å². The lowest BCUT2D eigenvalue weighted by molar-refractivity contribution is 0.251. The van der Waals surface area contributed by atoms with Gasteiger partial charge in [-0.3, -0.25) is 10.1 Å². The summed E-state index contributed by atoms with van der Waals surface area (Å²) in [5, 5.41) is 12.5. The van der Waals surface area contributed by atoms with Crippen LogP contribution < -0.4 is 10.6 Å². The van der Waals surface area contributed by atoms with Gasteiger partial charge in [-0.2, -0.15) is 5.10 Å². The van der Waals surface area contributed by atoms with E-state index in [9.17, 15) is 9.18 Å². The predicted molar refractivity (Wildman–Crippen MR) is 107 cm³/mol. The second-order valence-electron chi connectivity index (χ2n) is 6.13. The molecule has 0 saturated heterocycles. The molecule has 8 heteroatoms. The number of benzene rings is 2. The summed E-state index contributed by atoms with van der Waals surface area (Å²) < 4.78 is 14.1. The van der Waals surface area contributed by atoms with Gasteiger partial charge in [-0.25, -0.2) is 9.18 Å². The zero-order chi connectivity index (χ0) is 19.5. The van der Waals surface area contributed by atoms with Crippen LogP contribution in [-0.4, -0.2) is 21.2 Å². The molecule has 4 rings (SSSR count). The molecule has 28 heavy (non-hydrogen) atoms. The van der Waals surface area contributed by atoms with Crippen molar-refractivity contribution in [3.63, 3.8) is 0 Å². The minimum atomic E-state index is -0.590. The number of fused-ring (bicyclic) bond motifs is 1. The first-order valence-corrected chi connectivity index (χ1v) is 8.85. The maximum absolute atomic E-state index is 14.1. The van der Waals surface area contributed by atoms with Crippen LogP contribution in [0.25, 0.3) is 22.0 Å². The fourth-order valence-electron chi connectivity index (χ4n) is 2.80. The van der Waals surface area contributed by atoms with Crippen molar-refractivity contribution >= 4 is 34.2 Å². The third kappa shape index (κ3) is 3.79. The van der Waals surface area contributed by atoms with Crippen LogP contribution in [0.3, 0.4) is 0 Å². The monoisotopic (exact) mass is 395 g/mol. The molecule has 0 unspecified atom stereocenters. The van der Waals surface area contributed by atoms with Gasteiger partial charge in [0.15, 0.2) is 0 Å². The Morgan fingerprint density at radius 1 is 1.07 bits per heavy atom. The normalized spacial score (nSPS) is 10.8. The molecular formula is C20H15ClFN5O. The molecule has 2 aromatic heterocycles. The zero-order valence-corrected chi connectivity index (χ0v) is 15.3. The van der Waals surface area contributed by atoms with Crippen molar-refractivity contribution in [1.82, 2.24) is 20.5 Å². The number of H-pyrrole nitrogens is 1. The third-order valence-electron chi connectivity index (χ3n) is 4.27. The Hall–Kier alpha value is -3.45. The molecule has 2 aromatic carbocycles.